The second-order valence-corrected chi connectivity index (χ2v) is 5.85. The van der Waals surface area contributed by atoms with Crippen LogP contribution in [0, 0.1) is 0 Å². The zero-order chi connectivity index (χ0) is 17.7. The van der Waals surface area contributed by atoms with Crippen molar-refractivity contribution in [3.63, 3.8) is 0 Å². The van der Waals surface area contributed by atoms with E-state index in [1.807, 2.05) is 31.1 Å². The van der Waals surface area contributed by atoms with Crippen LogP contribution >= 0.6 is 11.6 Å². The SMILES string of the molecule is COc1ccc(OC)c(C(=O)C(=CN(C)C)c2ccc(Cl)cc2)c1. The maximum absolute atomic E-state index is 13.2. The van der Waals surface area contributed by atoms with Gasteiger partial charge in [0.05, 0.1) is 19.8 Å². The quantitative estimate of drug-likeness (QED) is 0.582. The summed E-state index contributed by atoms with van der Waals surface area (Å²) < 4.78 is 10.6. The first-order chi connectivity index (χ1) is 11.5. The number of ether oxygens (including phenoxy) is 2. The fourth-order valence-corrected chi connectivity index (χ4v) is 2.41. The summed E-state index contributed by atoms with van der Waals surface area (Å²) in [5.41, 5.74) is 1.77. The lowest BCUT2D eigenvalue weighted by molar-refractivity contribution is 0.105. The number of ketones is 1. The van der Waals surface area contributed by atoms with E-state index in [0.29, 0.717) is 27.7 Å². The molecule has 24 heavy (non-hydrogen) atoms. The van der Waals surface area contributed by atoms with Crippen molar-refractivity contribution in [1.29, 1.82) is 0 Å². The normalized spacial score (nSPS) is 11.1. The molecule has 0 saturated carbocycles. The average molecular weight is 346 g/mol. The molecule has 0 bridgehead atoms. The highest BCUT2D eigenvalue weighted by molar-refractivity contribution is 6.31. The number of nitrogens with zero attached hydrogens (tertiary/aromatic N) is 1. The number of halogens is 1. The molecule has 0 heterocycles. The summed E-state index contributed by atoms with van der Waals surface area (Å²) in [7, 11) is 6.83. The number of methoxy groups -OCH3 is 2. The molecule has 0 spiro atoms. The largest absolute Gasteiger partial charge is 0.497 e. The van der Waals surface area contributed by atoms with E-state index in [0.717, 1.165) is 5.56 Å². The molecule has 5 heteroatoms. The van der Waals surface area contributed by atoms with Gasteiger partial charge in [0.15, 0.2) is 5.78 Å². The van der Waals surface area contributed by atoms with Crippen LogP contribution in [0.1, 0.15) is 15.9 Å². The van der Waals surface area contributed by atoms with Crippen molar-refractivity contribution >= 4 is 23.0 Å². The monoisotopic (exact) mass is 345 g/mol. The Kier molecular flexibility index (Phi) is 5.88. The number of Topliss-reactive ketones (excluding diaryl/α,β-unsaturated/α-hetero) is 1. The van der Waals surface area contributed by atoms with Crippen LogP contribution in [0.5, 0.6) is 11.5 Å². The zero-order valence-electron chi connectivity index (χ0n) is 14.2. The highest BCUT2D eigenvalue weighted by atomic mass is 35.5. The molecule has 0 amide bonds. The van der Waals surface area contributed by atoms with Crippen LogP contribution in [0.2, 0.25) is 5.02 Å². The van der Waals surface area contributed by atoms with Gasteiger partial charge in [-0.1, -0.05) is 23.7 Å². The summed E-state index contributed by atoms with van der Waals surface area (Å²) >= 11 is 5.95. The van der Waals surface area contributed by atoms with Gasteiger partial charge in [-0.2, -0.15) is 0 Å². The van der Waals surface area contributed by atoms with Gasteiger partial charge in [-0.25, -0.2) is 0 Å². The molecule has 0 radical (unpaired) electrons. The Hall–Kier alpha value is -2.46. The molecule has 2 aromatic carbocycles. The molecule has 2 rings (SSSR count). The van der Waals surface area contributed by atoms with E-state index >= 15 is 0 Å². The number of rotatable bonds is 6. The predicted molar refractivity (Wildman–Crippen MR) is 97.0 cm³/mol. The third-order valence-corrected chi connectivity index (χ3v) is 3.69. The van der Waals surface area contributed by atoms with E-state index in [1.165, 1.54) is 7.11 Å². The van der Waals surface area contributed by atoms with Gasteiger partial charge >= 0.3 is 0 Å². The molecule has 2 aromatic rings. The second-order valence-electron chi connectivity index (χ2n) is 5.41. The van der Waals surface area contributed by atoms with Gasteiger partial charge in [0.25, 0.3) is 0 Å². The van der Waals surface area contributed by atoms with Crippen molar-refractivity contribution in [2.75, 3.05) is 28.3 Å². The van der Waals surface area contributed by atoms with Crippen molar-refractivity contribution in [2.24, 2.45) is 0 Å². The summed E-state index contributed by atoms with van der Waals surface area (Å²) in [5.74, 6) is 0.945. The van der Waals surface area contributed by atoms with Gasteiger partial charge in [0.1, 0.15) is 11.5 Å². The molecule has 0 unspecified atom stereocenters. The zero-order valence-corrected chi connectivity index (χ0v) is 14.9. The van der Waals surface area contributed by atoms with E-state index < -0.39 is 0 Å². The van der Waals surface area contributed by atoms with Crippen LogP contribution in [-0.2, 0) is 0 Å². The van der Waals surface area contributed by atoms with Gasteiger partial charge in [0, 0.05) is 30.9 Å². The molecule has 0 aromatic heterocycles. The lowest BCUT2D eigenvalue weighted by Crippen LogP contribution is -2.10. The molecular weight excluding hydrogens is 326 g/mol. The van der Waals surface area contributed by atoms with Crippen molar-refractivity contribution in [1.82, 2.24) is 4.90 Å². The number of carbonyl (C=O) groups excluding carboxylic acids is 1. The van der Waals surface area contributed by atoms with Crippen molar-refractivity contribution in [3.05, 3.63) is 64.8 Å². The highest BCUT2D eigenvalue weighted by Crippen LogP contribution is 2.30. The van der Waals surface area contributed by atoms with Crippen LogP contribution in [-0.4, -0.2) is 39.0 Å². The molecule has 4 nitrogen and oxygen atoms in total. The Morgan fingerprint density at radius 3 is 2.25 bits per heavy atom. The number of allylic oxidation sites excluding steroid dienone is 1. The van der Waals surface area contributed by atoms with Crippen LogP contribution in [0.4, 0.5) is 0 Å². The van der Waals surface area contributed by atoms with Crippen LogP contribution < -0.4 is 9.47 Å². The Balaban J connectivity index is 2.55. The van der Waals surface area contributed by atoms with E-state index in [9.17, 15) is 4.79 Å². The van der Waals surface area contributed by atoms with Crippen LogP contribution in [0.3, 0.4) is 0 Å². The Morgan fingerprint density at radius 2 is 1.71 bits per heavy atom. The Bertz CT molecular complexity index is 752. The molecule has 126 valence electrons. The van der Waals surface area contributed by atoms with Crippen LogP contribution in [0.25, 0.3) is 5.57 Å². The van der Waals surface area contributed by atoms with Gasteiger partial charge < -0.3 is 14.4 Å². The lowest BCUT2D eigenvalue weighted by atomic mass is 9.96. The van der Waals surface area contributed by atoms with E-state index in [-0.39, 0.29) is 5.78 Å². The third-order valence-electron chi connectivity index (χ3n) is 3.44. The second kappa shape index (κ2) is 7.88. The predicted octanol–water partition coefficient (Wildman–Crippen LogP) is 4.14. The summed E-state index contributed by atoms with van der Waals surface area (Å²) in [5, 5.41) is 0.620. The fourth-order valence-electron chi connectivity index (χ4n) is 2.29. The van der Waals surface area contributed by atoms with Crippen molar-refractivity contribution in [3.8, 4) is 11.5 Å². The molecular formula is C19H20ClNO3. The molecule has 0 aliphatic carbocycles. The van der Waals surface area contributed by atoms with Gasteiger partial charge in [-0.15, -0.1) is 0 Å². The van der Waals surface area contributed by atoms with Gasteiger partial charge in [-0.05, 0) is 35.9 Å². The summed E-state index contributed by atoms with van der Waals surface area (Å²) in [6.07, 6.45) is 1.78. The lowest BCUT2D eigenvalue weighted by Gasteiger charge is -2.14. The molecule has 0 fully saturated rings. The number of benzene rings is 2. The maximum atomic E-state index is 13.2. The molecule has 0 atom stereocenters. The minimum Gasteiger partial charge on any atom is -0.497 e. The van der Waals surface area contributed by atoms with Gasteiger partial charge in [0.2, 0.25) is 0 Å². The molecule has 0 aliphatic heterocycles. The summed E-state index contributed by atoms with van der Waals surface area (Å²) in [4.78, 5) is 15.0. The summed E-state index contributed by atoms with van der Waals surface area (Å²) in [6, 6.07) is 12.3. The number of hydrogen-bond acceptors (Lipinski definition) is 4. The topological polar surface area (TPSA) is 38.8 Å². The van der Waals surface area contributed by atoms with E-state index in [1.54, 1.807) is 43.6 Å². The molecule has 0 N–H and O–H groups in total. The standard InChI is InChI=1S/C19H20ClNO3/c1-21(2)12-17(13-5-7-14(20)8-6-13)19(22)16-11-15(23-3)9-10-18(16)24-4/h5-12H,1-4H3. The maximum Gasteiger partial charge on any atom is 0.198 e. The summed E-state index contributed by atoms with van der Waals surface area (Å²) in [6.45, 7) is 0. The van der Waals surface area contributed by atoms with Crippen LogP contribution in [0.15, 0.2) is 48.7 Å². The first kappa shape index (κ1) is 17.9. The molecule has 0 aliphatic rings. The minimum absolute atomic E-state index is 0.151. The number of hydrogen-bond donors (Lipinski definition) is 0. The molecule has 0 saturated heterocycles. The van der Waals surface area contributed by atoms with Crippen molar-refractivity contribution in [2.45, 2.75) is 0 Å². The fraction of sp³-hybridized carbons (Fsp3) is 0.211. The first-order valence-electron chi connectivity index (χ1n) is 7.37. The van der Waals surface area contributed by atoms with E-state index in [4.69, 9.17) is 21.1 Å². The van der Waals surface area contributed by atoms with E-state index in [2.05, 4.69) is 0 Å². The highest BCUT2D eigenvalue weighted by Gasteiger charge is 2.20. The van der Waals surface area contributed by atoms with Gasteiger partial charge in [-0.3, -0.25) is 4.79 Å². The number of carbonyl (C=O) groups is 1. The Morgan fingerprint density at radius 1 is 1.04 bits per heavy atom. The Labute approximate surface area is 147 Å². The third kappa shape index (κ3) is 4.09. The first-order valence-corrected chi connectivity index (χ1v) is 7.75. The smallest absolute Gasteiger partial charge is 0.198 e. The van der Waals surface area contributed by atoms with Crippen molar-refractivity contribution < 1.29 is 14.3 Å². The average Bonchev–Trinajstić information content (AvgIpc) is 2.59. The minimum atomic E-state index is -0.151.